The lowest BCUT2D eigenvalue weighted by atomic mass is 9.94. The molecule has 1 saturated heterocycles. The van der Waals surface area contributed by atoms with E-state index < -0.39 is 49.3 Å². The van der Waals surface area contributed by atoms with Gasteiger partial charge in [-0.15, -0.1) is 0 Å². The van der Waals surface area contributed by atoms with Crippen molar-refractivity contribution in [3.63, 3.8) is 0 Å². The third-order valence-corrected chi connectivity index (χ3v) is 4.71. The van der Waals surface area contributed by atoms with Crippen LogP contribution in [-0.4, -0.2) is 70.6 Å². The third kappa shape index (κ3) is 4.06. The fraction of sp³-hybridized carbons (Fsp3) is 0.556. The van der Waals surface area contributed by atoms with Crippen LogP contribution >= 0.6 is 0 Å². The summed E-state index contributed by atoms with van der Waals surface area (Å²) in [6, 6.07) is -1.05. The number of rotatable bonds is 4. The Morgan fingerprint density at radius 2 is 2.07 bits per heavy atom. The molecule has 0 aromatic heterocycles. The number of amides is 1. The van der Waals surface area contributed by atoms with Crippen LogP contribution < -0.4 is 5.32 Å². The Labute approximate surface area is 155 Å². The highest BCUT2D eigenvalue weighted by Crippen LogP contribution is 2.31. The van der Waals surface area contributed by atoms with Gasteiger partial charge in [-0.25, -0.2) is 0 Å². The van der Waals surface area contributed by atoms with E-state index in [-0.39, 0.29) is 12.4 Å². The Morgan fingerprint density at radius 3 is 2.74 bits per heavy atom. The second kappa shape index (κ2) is 7.81. The Balaban J connectivity index is 1.80. The van der Waals surface area contributed by atoms with Gasteiger partial charge in [-0.1, -0.05) is 11.6 Å². The van der Waals surface area contributed by atoms with Gasteiger partial charge in [-0.3, -0.25) is 9.59 Å². The van der Waals surface area contributed by atoms with Gasteiger partial charge < -0.3 is 34.8 Å². The number of hydrogen-bond donors (Lipinski definition) is 4. The van der Waals surface area contributed by atoms with E-state index in [1.165, 1.54) is 6.92 Å². The standard InChI is InChI=1S/C18H23NO8/c1-8-5-14(22)26-12-6-10(3-4-11(8)12)25-18-15(19-9(2)21)17(24)16(23)13(7-20)27-18/h3-4,6,12-13,15-18,20,23-24H,5,7H2,1-2H3,(H,19,21)/t12-,13+,15-,16-,17+,18-/m1/s1. The van der Waals surface area contributed by atoms with E-state index in [0.29, 0.717) is 5.76 Å². The Morgan fingerprint density at radius 1 is 1.33 bits per heavy atom. The number of aliphatic hydroxyl groups is 3. The molecule has 4 N–H and O–H groups in total. The largest absolute Gasteiger partial charge is 0.463 e. The van der Waals surface area contributed by atoms with E-state index in [4.69, 9.17) is 14.2 Å². The zero-order valence-electron chi connectivity index (χ0n) is 15.0. The summed E-state index contributed by atoms with van der Waals surface area (Å²) >= 11 is 0. The number of esters is 1. The fourth-order valence-corrected chi connectivity index (χ4v) is 3.33. The van der Waals surface area contributed by atoms with E-state index in [2.05, 4.69) is 5.32 Å². The zero-order chi connectivity index (χ0) is 19.7. The van der Waals surface area contributed by atoms with Crippen LogP contribution in [0.3, 0.4) is 0 Å². The van der Waals surface area contributed by atoms with E-state index >= 15 is 0 Å². The molecule has 0 aromatic carbocycles. The number of ether oxygens (including phenoxy) is 3. The smallest absolute Gasteiger partial charge is 0.310 e. The van der Waals surface area contributed by atoms with Crippen molar-refractivity contribution in [3.05, 3.63) is 35.1 Å². The molecular weight excluding hydrogens is 358 g/mol. The van der Waals surface area contributed by atoms with Crippen molar-refractivity contribution in [2.75, 3.05) is 6.61 Å². The predicted octanol–water partition coefficient (Wildman–Crippen LogP) is -0.968. The van der Waals surface area contributed by atoms with Gasteiger partial charge >= 0.3 is 5.97 Å². The quantitative estimate of drug-likeness (QED) is 0.457. The third-order valence-electron chi connectivity index (χ3n) is 4.71. The van der Waals surface area contributed by atoms with Crippen molar-refractivity contribution in [2.45, 2.75) is 57.0 Å². The van der Waals surface area contributed by atoms with Crippen molar-refractivity contribution in [2.24, 2.45) is 0 Å². The van der Waals surface area contributed by atoms with Gasteiger partial charge in [0.05, 0.1) is 13.0 Å². The zero-order valence-corrected chi connectivity index (χ0v) is 15.0. The minimum absolute atomic E-state index is 0.235. The van der Waals surface area contributed by atoms with Crippen molar-refractivity contribution >= 4 is 11.9 Å². The summed E-state index contributed by atoms with van der Waals surface area (Å²) in [6.07, 6.45) is -0.352. The van der Waals surface area contributed by atoms with Crippen LogP contribution in [-0.2, 0) is 23.8 Å². The molecule has 27 heavy (non-hydrogen) atoms. The van der Waals surface area contributed by atoms with Gasteiger partial charge in [0.25, 0.3) is 0 Å². The lowest BCUT2D eigenvalue weighted by Crippen LogP contribution is -2.64. The minimum Gasteiger partial charge on any atom is -0.463 e. The molecule has 3 rings (SSSR count). The first-order valence-corrected chi connectivity index (χ1v) is 8.65. The summed E-state index contributed by atoms with van der Waals surface area (Å²) in [5, 5.41) is 32.2. The number of carbonyl (C=O) groups excluding carboxylic acids is 2. The molecule has 1 aliphatic carbocycles. The van der Waals surface area contributed by atoms with Gasteiger partial charge in [-0.05, 0) is 18.6 Å². The van der Waals surface area contributed by atoms with Crippen LogP contribution in [0.2, 0.25) is 0 Å². The number of nitrogens with one attached hydrogen (secondary N) is 1. The molecule has 148 valence electrons. The number of fused-ring (bicyclic) bond motifs is 1. The average Bonchev–Trinajstić information content (AvgIpc) is 2.60. The van der Waals surface area contributed by atoms with E-state index in [1.807, 2.05) is 6.92 Å². The average molecular weight is 381 g/mol. The van der Waals surface area contributed by atoms with E-state index in [9.17, 15) is 24.9 Å². The van der Waals surface area contributed by atoms with Gasteiger partial charge in [0.1, 0.15) is 36.2 Å². The Hall–Kier alpha value is -2.20. The van der Waals surface area contributed by atoms with Gasteiger partial charge in [0.15, 0.2) is 0 Å². The molecule has 0 saturated carbocycles. The number of carbonyl (C=O) groups is 2. The first-order valence-electron chi connectivity index (χ1n) is 8.65. The highest BCUT2D eigenvalue weighted by Gasteiger charge is 2.46. The highest BCUT2D eigenvalue weighted by atomic mass is 16.7. The minimum atomic E-state index is -1.40. The van der Waals surface area contributed by atoms with Gasteiger partial charge in [0, 0.05) is 13.0 Å². The van der Waals surface area contributed by atoms with Crippen molar-refractivity contribution in [1.82, 2.24) is 5.32 Å². The summed E-state index contributed by atoms with van der Waals surface area (Å²) in [5.41, 5.74) is 1.78. The number of allylic oxidation sites excluding steroid dienone is 1. The van der Waals surface area contributed by atoms with Crippen LogP contribution in [0.5, 0.6) is 0 Å². The molecule has 0 radical (unpaired) electrons. The topological polar surface area (TPSA) is 135 Å². The first-order chi connectivity index (χ1) is 12.8. The molecule has 9 heteroatoms. The van der Waals surface area contributed by atoms with Crippen LogP contribution in [0.4, 0.5) is 0 Å². The predicted molar refractivity (Wildman–Crippen MR) is 90.9 cm³/mol. The normalized spacial score (nSPS) is 35.9. The van der Waals surface area contributed by atoms with E-state index in [1.54, 1.807) is 18.2 Å². The summed E-state index contributed by atoms with van der Waals surface area (Å²) in [5.74, 6) is -0.468. The van der Waals surface area contributed by atoms with Crippen LogP contribution in [0.25, 0.3) is 0 Å². The summed E-state index contributed by atoms with van der Waals surface area (Å²) in [6.45, 7) is 2.58. The molecule has 1 amide bonds. The SMILES string of the molecule is CC(=O)N[C@H]1[C@H](OC2=C[C@H]3OC(=O)CC(C)=C3C=C2)O[C@@H](CO)[C@@H](O)[C@H]1O. The Kier molecular flexibility index (Phi) is 5.66. The number of hydrogen-bond acceptors (Lipinski definition) is 8. The van der Waals surface area contributed by atoms with Crippen molar-refractivity contribution in [3.8, 4) is 0 Å². The molecule has 0 unspecified atom stereocenters. The maximum absolute atomic E-state index is 11.6. The highest BCUT2D eigenvalue weighted by molar-refractivity contribution is 5.76. The monoisotopic (exact) mass is 381 g/mol. The van der Waals surface area contributed by atoms with E-state index in [0.717, 1.165) is 11.1 Å². The van der Waals surface area contributed by atoms with Crippen molar-refractivity contribution in [1.29, 1.82) is 0 Å². The maximum atomic E-state index is 11.6. The maximum Gasteiger partial charge on any atom is 0.310 e. The lowest BCUT2D eigenvalue weighted by molar-refractivity contribution is -0.258. The molecule has 3 aliphatic rings. The lowest BCUT2D eigenvalue weighted by Gasteiger charge is -2.42. The van der Waals surface area contributed by atoms with Gasteiger partial charge in [-0.2, -0.15) is 0 Å². The second-order valence-electron chi connectivity index (χ2n) is 6.78. The van der Waals surface area contributed by atoms with Crippen LogP contribution in [0.15, 0.2) is 35.1 Å². The molecule has 1 fully saturated rings. The molecule has 0 bridgehead atoms. The first kappa shape index (κ1) is 19.6. The molecule has 0 spiro atoms. The van der Waals surface area contributed by atoms with Gasteiger partial charge in [0.2, 0.25) is 12.2 Å². The fourth-order valence-electron chi connectivity index (χ4n) is 3.33. The molecule has 2 heterocycles. The summed E-state index contributed by atoms with van der Waals surface area (Å²) in [4.78, 5) is 23.1. The molecule has 6 atom stereocenters. The Bertz CT molecular complexity index is 712. The van der Waals surface area contributed by atoms with Crippen molar-refractivity contribution < 1.29 is 39.1 Å². The second-order valence-corrected chi connectivity index (χ2v) is 6.78. The summed E-state index contributed by atoms with van der Waals surface area (Å²) in [7, 11) is 0. The summed E-state index contributed by atoms with van der Waals surface area (Å²) < 4.78 is 16.6. The number of aliphatic hydroxyl groups excluding tert-OH is 3. The molecule has 0 aromatic rings. The molecular formula is C18H23NO8. The molecule has 9 nitrogen and oxygen atoms in total. The molecule has 2 aliphatic heterocycles. The van der Waals surface area contributed by atoms with Crippen LogP contribution in [0.1, 0.15) is 20.3 Å². The van der Waals surface area contributed by atoms with Crippen LogP contribution in [0, 0.1) is 0 Å².